The van der Waals surface area contributed by atoms with Crippen molar-refractivity contribution in [3.63, 3.8) is 0 Å². The van der Waals surface area contributed by atoms with Gasteiger partial charge in [-0.25, -0.2) is 4.79 Å². The molecule has 0 fully saturated rings. The van der Waals surface area contributed by atoms with E-state index in [1.54, 1.807) is 24.3 Å². The van der Waals surface area contributed by atoms with Crippen LogP contribution < -0.4 is 10.6 Å². The van der Waals surface area contributed by atoms with Crippen LogP contribution in [0.3, 0.4) is 0 Å². The fourth-order valence-corrected chi connectivity index (χ4v) is 2.33. The van der Waals surface area contributed by atoms with Crippen molar-refractivity contribution >= 4 is 23.3 Å². The van der Waals surface area contributed by atoms with E-state index < -0.39 is 0 Å². The van der Waals surface area contributed by atoms with Crippen LogP contribution in [0.15, 0.2) is 54.6 Å². The number of rotatable bonds is 6. The number of nitrogens with one attached hydrogen (secondary N) is 2. The lowest BCUT2D eigenvalue weighted by Gasteiger charge is -2.26. The lowest BCUT2D eigenvalue weighted by atomic mass is 10.2. The van der Waals surface area contributed by atoms with Gasteiger partial charge >= 0.3 is 6.03 Å². The summed E-state index contributed by atoms with van der Waals surface area (Å²) in [5.41, 5.74) is 1.81. The normalized spacial score (nSPS) is 10.4. The summed E-state index contributed by atoms with van der Waals surface area (Å²) in [7, 11) is 0. The Labute approximate surface area is 147 Å². The molecule has 3 N–H and O–H groups in total. The summed E-state index contributed by atoms with van der Waals surface area (Å²) in [6.45, 7) is 3.93. The topological polar surface area (TPSA) is 81.7 Å². The van der Waals surface area contributed by atoms with Crippen LogP contribution in [0.5, 0.6) is 0 Å². The van der Waals surface area contributed by atoms with Gasteiger partial charge in [0.15, 0.2) is 0 Å². The second-order valence-corrected chi connectivity index (χ2v) is 5.84. The second-order valence-electron chi connectivity index (χ2n) is 5.84. The van der Waals surface area contributed by atoms with E-state index in [-0.39, 0.29) is 31.1 Å². The maximum Gasteiger partial charge on any atom is 0.322 e. The molecule has 2 aromatic rings. The van der Waals surface area contributed by atoms with Gasteiger partial charge in [0.05, 0.1) is 6.61 Å². The van der Waals surface area contributed by atoms with Gasteiger partial charge in [0.25, 0.3) is 5.91 Å². The smallest absolute Gasteiger partial charge is 0.322 e. The van der Waals surface area contributed by atoms with Crippen LogP contribution in [0.2, 0.25) is 0 Å². The minimum Gasteiger partial charge on any atom is -0.395 e. The number of hydrogen-bond donors (Lipinski definition) is 3. The van der Waals surface area contributed by atoms with Crippen molar-refractivity contribution in [2.45, 2.75) is 19.9 Å². The van der Waals surface area contributed by atoms with Gasteiger partial charge in [-0.15, -0.1) is 0 Å². The highest BCUT2D eigenvalue weighted by Gasteiger charge is 2.16. The third kappa shape index (κ3) is 5.32. The molecule has 132 valence electrons. The molecule has 0 aliphatic rings. The van der Waals surface area contributed by atoms with Gasteiger partial charge in [-0.1, -0.05) is 18.2 Å². The van der Waals surface area contributed by atoms with Gasteiger partial charge in [0, 0.05) is 29.5 Å². The molecule has 0 spiro atoms. The third-order valence-electron chi connectivity index (χ3n) is 3.66. The number of para-hydroxylation sites is 1. The van der Waals surface area contributed by atoms with Crippen molar-refractivity contribution in [3.8, 4) is 0 Å². The summed E-state index contributed by atoms with van der Waals surface area (Å²) in [6.07, 6.45) is 0. The number of urea groups is 1. The number of benzene rings is 2. The molecule has 6 nitrogen and oxygen atoms in total. The van der Waals surface area contributed by atoms with E-state index in [0.717, 1.165) is 5.69 Å². The SMILES string of the molecule is CC(C)N(CCO)C(=O)Nc1ccc(C(=O)Nc2ccccc2)cc1. The van der Waals surface area contributed by atoms with Crippen LogP contribution in [0.1, 0.15) is 24.2 Å². The third-order valence-corrected chi connectivity index (χ3v) is 3.66. The van der Waals surface area contributed by atoms with Crippen LogP contribution in [0.25, 0.3) is 0 Å². The van der Waals surface area contributed by atoms with Gasteiger partial charge in [-0.3, -0.25) is 4.79 Å². The molecule has 2 rings (SSSR count). The number of amides is 3. The van der Waals surface area contributed by atoms with E-state index in [2.05, 4.69) is 10.6 Å². The molecule has 0 aliphatic carbocycles. The molecule has 2 aromatic carbocycles. The molecule has 0 atom stereocenters. The zero-order valence-corrected chi connectivity index (χ0v) is 14.4. The molecule has 0 radical (unpaired) electrons. The van der Waals surface area contributed by atoms with E-state index >= 15 is 0 Å². The Morgan fingerprint density at radius 2 is 1.56 bits per heavy atom. The monoisotopic (exact) mass is 341 g/mol. The zero-order valence-electron chi connectivity index (χ0n) is 14.4. The Morgan fingerprint density at radius 3 is 2.12 bits per heavy atom. The first-order valence-corrected chi connectivity index (χ1v) is 8.16. The molecule has 25 heavy (non-hydrogen) atoms. The average molecular weight is 341 g/mol. The first kappa shape index (κ1) is 18.5. The number of carbonyl (C=O) groups is 2. The van der Waals surface area contributed by atoms with Gasteiger partial charge < -0.3 is 20.6 Å². The summed E-state index contributed by atoms with van der Waals surface area (Å²) >= 11 is 0. The predicted molar refractivity (Wildman–Crippen MR) is 98.8 cm³/mol. The molecule has 0 unspecified atom stereocenters. The molecule has 6 heteroatoms. The van der Waals surface area contributed by atoms with Crippen molar-refractivity contribution in [2.75, 3.05) is 23.8 Å². The first-order valence-electron chi connectivity index (χ1n) is 8.16. The minimum atomic E-state index is -0.287. The maximum absolute atomic E-state index is 12.2. The Kier molecular flexibility index (Phi) is 6.54. The first-order chi connectivity index (χ1) is 12.0. The zero-order chi connectivity index (χ0) is 18.2. The van der Waals surface area contributed by atoms with E-state index in [1.807, 2.05) is 44.2 Å². The molecule has 0 saturated carbocycles. The highest BCUT2D eigenvalue weighted by molar-refractivity contribution is 6.04. The lowest BCUT2D eigenvalue weighted by molar-refractivity contribution is 0.102. The number of carbonyl (C=O) groups excluding carboxylic acids is 2. The largest absolute Gasteiger partial charge is 0.395 e. The quantitative estimate of drug-likeness (QED) is 0.755. The van der Waals surface area contributed by atoms with Crippen LogP contribution in [-0.4, -0.2) is 41.1 Å². The Hall–Kier alpha value is -2.86. The van der Waals surface area contributed by atoms with Crippen molar-refractivity contribution in [1.82, 2.24) is 4.90 Å². The maximum atomic E-state index is 12.2. The minimum absolute atomic E-state index is 0.0249. The van der Waals surface area contributed by atoms with Gasteiger partial charge in [0.1, 0.15) is 0 Å². The van der Waals surface area contributed by atoms with Crippen molar-refractivity contribution < 1.29 is 14.7 Å². The molecule has 0 heterocycles. The molecule has 0 aromatic heterocycles. The van der Waals surface area contributed by atoms with E-state index in [0.29, 0.717) is 11.3 Å². The highest BCUT2D eigenvalue weighted by atomic mass is 16.3. The number of aliphatic hydroxyl groups excluding tert-OH is 1. The number of anilines is 2. The molecule has 0 saturated heterocycles. The predicted octanol–water partition coefficient (Wildman–Crippen LogP) is 3.17. The number of aliphatic hydroxyl groups is 1. The summed E-state index contributed by atoms with van der Waals surface area (Å²) in [5, 5.41) is 14.6. The fourth-order valence-electron chi connectivity index (χ4n) is 2.33. The van der Waals surface area contributed by atoms with Crippen LogP contribution in [-0.2, 0) is 0 Å². The van der Waals surface area contributed by atoms with Crippen LogP contribution in [0.4, 0.5) is 16.2 Å². The molecule has 3 amide bonds. The van der Waals surface area contributed by atoms with Gasteiger partial charge in [0.2, 0.25) is 0 Å². The summed E-state index contributed by atoms with van der Waals surface area (Å²) < 4.78 is 0. The second kappa shape index (κ2) is 8.84. The van der Waals surface area contributed by atoms with Crippen molar-refractivity contribution in [1.29, 1.82) is 0 Å². The van der Waals surface area contributed by atoms with E-state index in [9.17, 15) is 9.59 Å². The Morgan fingerprint density at radius 1 is 0.960 bits per heavy atom. The van der Waals surface area contributed by atoms with E-state index in [1.165, 1.54) is 4.90 Å². The van der Waals surface area contributed by atoms with Gasteiger partial charge in [-0.2, -0.15) is 0 Å². The van der Waals surface area contributed by atoms with Crippen molar-refractivity contribution in [2.24, 2.45) is 0 Å². The standard InChI is InChI=1S/C19H23N3O3/c1-14(2)22(12-13-23)19(25)21-17-10-8-15(9-11-17)18(24)20-16-6-4-3-5-7-16/h3-11,14,23H,12-13H2,1-2H3,(H,20,24)(H,21,25). The summed E-state index contributed by atoms with van der Waals surface area (Å²) in [5.74, 6) is -0.215. The lowest BCUT2D eigenvalue weighted by Crippen LogP contribution is -2.41. The van der Waals surface area contributed by atoms with Crippen molar-refractivity contribution in [3.05, 3.63) is 60.2 Å². The highest BCUT2D eigenvalue weighted by Crippen LogP contribution is 2.13. The summed E-state index contributed by atoms with van der Waals surface area (Å²) in [6, 6.07) is 15.5. The van der Waals surface area contributed by atoms with Crippen LogP contribution in [0, 0.1) is 0 Å². The number of nitrogens with zero attached hydrogens (tertiary/aromatic N) is 1. The molecular formula is C19H23N3O3. The Balaban J connectivity index is 1.99. The summed E-state index contributed by atoms with van der Waals surface area (Å²) in [4.78, 5) is 26.0. The fraction of sp³-hybridized carbons (Fsp3) is 0.263. The van der Waals surface area contributed by atoms with Crippen LogP contribution >= 0.6 is 0 Å². The Bertz CT molecular complexity index is 700. The average Bonchev–Trinajstić information content (AvgIpc) is 2.60. The molecular weight excluding hydrogens is 318 g/mol. The molecule has 0 bridgehead atoms. The van der Waals surface area contributed by atoms with Gasteiger partial charge in [-0.05, 0) is 50.2 Å². The number of hydrogen-bond acceptors (Lipinski definition) is 3. The van der Waals surface area contributed by atoms with E-state index in [4.69, 9.17) is 5.11 Å². The molecule has 0 aliphatic heterocycles.